The van der Waals surface area contributed by atoms with Gasteiger partial charge in [0.2, 0.25) is 0 Å². The lowest BCUT2D eigenvalue weighted by molar-refractivity contribution is -0.134. The SMILES string of the molecule is CC(=O)O.CCCN(CCOc1c(Cl)cc(Cl)cc1Cl)C(=O)n1ccnc1. The van der Waals surface area contributed by atoms with Crippen molar-refractivity contribution in [2.75, 3.05) is 19.7 Å². The summed E-state index contributed by atoms with van der Waals surface area (Å²) >= 11 is 18.0. The normalized spacial score (nSPS) is 9.96. The molecular formula is C17H20Cl3N3O4. The fourth-order valence-corrected chi connectivity index (χ4v) is 2.96. The largest absolute Gasteiger partial charge is 0.489 e. The molecule has 0 aliphatic heterocycles. The molecule has 0 atom stereocenters. The van der Waals surface area contributed by atoms with Crippen LogP contribution >= 0.6 is 34.8 Å². The van der Waals surface area contributed by atoms with Crippen molar-refractivity contribution >= 4 is 46.8 Å². The lowest BCUT2D eigenvalue weighted by Gasteiger charge is -2.22. The standard InChI is InChI=1S/C15H16Cl3N3O2.C2H4O2/c1-2-4-20(15(22)21-5-3-19-10-21)6-7-23-14-12(17)8-11(16)9-13(14)18;1-2(3)4/h3,5,8-10H,2,4,6-7H2,1H3;1H3,(H,3,4). The number of ether oxygens (including phenoxy) is 1. The van der Waals surface area contributed by atoms with Crippen LogP contribution in [0.4, 0.5) is 4.79 Å². The Morgan fingerprint density at radius 2 is 1.81 bits per heavy atom. The van der Waals surface area contributed by atoms with E-state index in [9.17, 15) is 4.79 Å². The van der Waals surface area contributed by atoms with E-state index in [0.717, 1.165) is 13.3 Å². The number of carboxylic acid groups (broad SMARTS) is 1. The maximum absolute atomic E-state index is 12.3. The lowest BCUT2D eigenvalue weighted by Crippen LogP contribution is -2.37. The highest BCUT2D eigenvalue weighted by Gasteiger charge is 2.15. The number of carbonyl (C=O) groups is 2. The number of rotatable bonds is 6. The molecule has 27 heavy (non-hydrogen) atoms. The van der Waals surface area contributed by atoms with Crippen molar-refractivity contribution in [1.82, 2.24) is 14.5 Å². The second-order valence-electron chi connectivity index (χ2n) is 5.31. The minimum absolute atomic E-state index is 0.152. The van der Waals surface area contributed by atoms with Crippen molar-refractivity contribution in [2.24, 2.45) is 0 Å². The zero-order valence-corrected chi connectivity index (χ0v) is 17.1. The maximum Gasteiger partial charge on any atom is 0.329 e. The number of carboxylic acids is 1. The van der Waals surface area contributed by atoms with E-state index in [2.05, 4.69) is 4.98 Å². The van der Waals surface area contributed by atoms with Gasteiger partial charge in [0.1, 0.15) is 12.9 Å². The Hall–Kier alpha value is -1.96. The van der Waals surface area contributed by atoms with Crippen LogP contribution in [0.3, 0.4) is 0 Å². The molecular weight excluding hydrogens is 417 g/mol. The van der Waals surface area contributed by atoms with Crippen LogP contribution in [0.2, 0.25) is 15.1 Å². The zero-order valence-electron chi connectivity index (χ0n) is 14.9. The predicted octanol–water partition coefficient (Wildman–Crippen LogP) is 4.69. The molecule has 7 nitrogen and oxygen atoms in total. The Morgan fingerprint density at radius 1 is 1.22 bits per heavy atom. The number of imidazole rings is 1. The van der Waals surface area contributed by atoms with E-state index in [-0.39, 0.29) is 12.6 Å². The molecule has 0 radical (unpaired) electrons. The summed E-state index contributed by atoms with van der Waals surface area (Å²) in [5, 5.41) is 8.53. The molecule has 1 aromatic heterocycles. The summed E-state index contributed by atoms with van der Waals surface area (Å²) < 4.78 is 7.05. The molecule has 10 heteroatoms. The number of nitrogens with zero attached hydrogens (tertiary/aromatic N) is 3. The van der Waals surface area contributed by atoms with Crippen molar-refractivity contribution in [3.63, 3.8) is 0 Å². The second-order valence-corrected chi connectivity index (χ2v) is 6.56. The summed E-state index contributed by atoms with van der Waals surface area (Å²) in [4.78, 5) is 26.9. The van der Waals surface area contributed by atoms with E-state index in [1.54, 1.807) is 29.4 Å². The predicted molar refractivity (Wildman–Crippen MR) is 105 cm³/mol. The van der Waals surface area contributed by atoms with Gasteiger partial charge in [-0.15, -0.1) is 0 Å². The first-order chi connectivity index (χ1) is 12.8. The van der Waals surface area contributed by atoms with Gasteiger partial charge in [-0.1, -0.05) is 41.7 Å². The van der Waals surface area contributed by atoms with Crippen LogP contribution < -0.4 is 4.74 Å². The Morgan fingerprint density at radius 3 is 2.30 bits per heavy atom. The molecule has 0 aliphatic carbocycles. The number of benzene rings is 1. The van der Waals surface area contributed by atoms with E-state index >= 15 is 0 Å². The van der Waals surface area contributed by atoms with Crippen LogP contribution in [-0.4, -0.2) is 51.3 Å². The van der Waals surface area contributed by atoms with Gasteiger partial charge < -0.3 is 14.7 Å². The van der Waals surface area contributed by atoms with Gasteiger partial charge in [0.05, 0.1) is 16.6 Å². The Kier molecular flexibility index (Phi) is 9.99. The van der Waals surface area contributed by atoms with E-state index < -0.39 is 5.97 Å². The van der Waals surface area contributed by atoms with Crippen LogP contribution in [0, 0.1) is 0 Å². The fourth-order valence-electron chi connectivity index (χ4n) is 2.03. The molecule has 2 rings (SSSR count). The van der Waals surface area contributed by atoms with Gasteiger partial charge >= 0.3 is 6.03 Å². The van der Waals surface area contributed by atoms with E-state index in [1.165, 1.54) is 10.9 Å². The van der Waals surface area contributed by atoms with Crippen LogP contribution in [0.1, 0.15) is 20.3 Å². The van der Waals surface area contributed by atoms with E-state index in [4.69, 9.17) is 49.4 Å². The fraction of sp³-hybridized carbons (Fsp3) is 0.353. The maximum atomic E-state index is 12.3. The monoisotopic (exact) mass is 435 g/mol. The zero-order chi connectivity index (χ0) is 20.4. The van der Waals surface area contributed by atoms with Gasteiger partial charge in [0.15, 0.2) is 5.75 Å². The van der Waals surface area contributed by atoms with Gasteiger partial charge in [0, 0.05) is 30.9 Å². The van der Waals surface area contributed by atoms with Crippen LogP contribution in [0.15, 0.2) is 30.9 Å². The average molecular weight is 437 g/mol. The smallest absolute Gasteiger partial charge is 0.329 e. The number of amides is 1. The molecule has 148 valence electrons. The molecule has 0 aliphatic rings. The number of aromatic nitrogens is 2. The van der Waals surface area contributed by atoms with Gasteiger partial charge in [-0.05, 0) is 18.6 Å². The molecule has 1 amide bonds. The van der Waals surface area contributed by atoms with Crippen LogP contribution in [-0.2, 0) is 4.79 Å². The van der Waals surface area contributed by atoms with Crippen molar-refractivity contribution in [3.8, 4) is 5.75 Å². The van der Waals surface area contributed by atoms with Gasteiger partial charge in [-0.3, -0.25) is 9.36 Å². The molecule has 0 saturated heterocycles. The summed E-state index contributed by atoms with van der Waals surface area (Å²) in [6.07, 6.45) is 5.48. The van der Waals surface area contributed by atoms with Crippen molar-refractivity contribution in [3.05, 3.63) is 45.9 Å². The molecule has 1 aromatic carbocycles. The van der Waals surface area contributed by atoms with Crippen LogP contribution in [0.25, 0.3) is 0 Å². The molecule has 0 saturated carbocycles. The topological polar surface area (TPSA) is 84.7 Å². The first-order valence-corrected chi connectivity index (χ1v) is 9.13. The number of hydrogen-bond acceptors (Lipinski definition) is 4. The van der Waals surface area contributed by atoms with Crippen molar-refractivity contribution in [2.45, 2.75) is 20.3 Å². The highest BCUT2D eigenvalue weighted by molar-refractivity contribution is 6.40. The van der Waals surface area contributed by atoms with E-state index in [1.807, 2.05) is 6.92 Å². The second kappa shape index (κ2) is 11.7. The molecule has 1 N–H and O–H groups in total. The van der Waals surface area contributed by atoms with Gasteiger partial charge in [-0.2, -0.15) is 0 Å². The minimum Gasteiger partial charge on any atom is -0.489 e. The molecule has 0 spiro atoms. The number of carbonyl (C=O) groups excluding carboxylic acids is 1. The lowest BCUT2D eigenvalue weighted by atomic mass is 10.3. The number of hydrogen-bond donors (Lipinski definition) is 1. The van der Waals surface area contributed by atoms with Gasteiger partial charge in [-0.25, -0.2) is 9.78 Å². The number of aliphatic carboxylic acids is 1. The Bertz CT molecular complexity index is 727. The summed E-state index contributed by atoms with van der Waals surface area (Å²) in [5.74, 6) is -0.468. The molecule has 2 aromatic rings. The number of halogens is 3. The first kappa shape index (κ1) is 23.1. The van der Waals surface area contributed by atoms with Crippen molar-refractivity contribution < 1.29 is 19.4 Å². The third-order valence-corrected chi connectivity index (χ3v) is 3.84. The first-order valence-electron chi connectivity index (χ1n) is 8.00. The quantitative estimate of drug-likeness (QED) is 0.710. The Labute approximate surface area is 172 Å². The summed E-state index contributed by atoms with van der Waals surface area (Å²) in [6.45, 7) is 4.37. The summed E-state index contributed by atoms with van der Waals surface area (Å²) in [5.41, 5.74) is 0. The average Bonchev–Trinajstić information content (AvgIpc) is 3.09. The third-order valence-electron chi connectivity index (χ3n) is 3.06. The molecule has 1 heterocycles. The van der Waals surface area contributed by atoms with Crippen LogP contribution in [0.5, 0.6) is 5.75 Å². The molecule has 0 fully saturated rings. The van der Waals surface area contributed by atoms with Crippen molar-refractivity contribution in [1.29, 1.82) is 0 Å². The third kappa shape index (κ3) is 8.07. The highest BCUT2D eigenvalue weighted by Crippen LogP contribution is 2.35. The van der Waals surface area contributed by atoms with E-state index in [0.29, 0.717) is 33.9 Å². The summed E-state index contributed by atoms with van der Waals surface area (Å²) in [6, 6.07) is 2.97. The Balaban J connectivity index is 0.000000828. The van der Waals surface area contributed by atoms with Gasteiger partial charge in [0.25, 0.3) is 5.97 Å². The summed E-state index contributed by atoms with van der Waals surface area (Å²) in [7, 11) is 0. The molecule has 0 bridgehead atoms. The molecule has 0 unspecified atom stereocenters. The highest BCUT2D eigenvalue weighted by atomic mass is 35.5. The minimum atomic E-state index is -0.833.